The molecule has 0 bridgehead atoms. The Bertz CT molecular complexity index is 1310. The number of imide groups is 1. The second-order valence-corrected chi connectivity index (χ2v) is 9.50. The average Bonchev–Trinajstić information content (AvgIpc) is 3.37. The Hall–Kier alpha value is -3.80. The Labute approximate surface area is 201 Å². The van der Waals surface area contributed by atoms with Gasteiger partial charge in [-0.1, -0.05) is 36.4 Å². The fraction of sp³-hybridized carbons (Fsp3) is 0.231. The molecule has 2 aromatic carbocycles. The van der Waals surface area contributed by atoms with E-state index >= 15 is 0 Å². The van der Waals surface area contributed by atoms with E-state index in [-0.39, 0.29) is 30.6 Å². The van der Waals surface area contributed by atoms with Crippen LogP contribution in [0.25, 0.3) is 0 Å². The zero-order valence-electron chi connectivity index (χ0n) is 18.4. The van der Waals surface area contributed by atoms with E-state index in [9.17, 15) is 19.6 Å². The predicted molar refractivity (Wildman–Crippen MR) is 129 cm³/mol. The quantitative estimate of drug-likeness (QED) is 0.567. The number of hydrogen-bond acceptors (Lipinski definition) is 6. The lowest BCUT2D eigenvalue weighted by atomic mass is 10.0. The SMILES string of the molecule is N#Cc1c(NC(=O)c2cccc(N3C(=O)CCC3=O)c2)sc2c1CCN(Cc1ccccc1)C2. The summed E-state index contributed by atoms with van der Waals surface area (Å²) in [5.74, 6) is -0.905. The van der Waals surface area contributed by atoms with Crippen LogP contribution in [0.3, 0.4) is 0 Å². The Kier molecular flexibility index (Phi) is 5.97. The van der Waals surface area contributed by atoms with Crippen LogP contribution in [0.2, 0.25) is 0 Å². The number of nitrogens with one attached hydrogen (secondary N) is 1. The molecule has 0 unspecified atom stereocenters. The molecular weight excluding hydrogens is 448 g/mol. The monoisotopic (exact) mass is 470 g/mol. The van der Waals surface area contributed by atoms with E-state index in [1.54, 1.807) is 18.2 Å². The summed E-state index contributed by atoms with van der Waals surface area (Å²) in [6.45, 7) is 2.41. The van der Waals surface area contributed by atoms with Crippen molar-refractivity contribution in [2.24, 2.45) is 0 Å². The molecule has 0 spiro atoms. The number of carbonyl (C=O) groups is 3. The summed E-state index contributed by atoms with van der Waals surface area (Å²) < 4.78 is 0. The van der Waals surface area contributed by atoms with Crippen molar-refractivity contribution in [2.45, 2.75) is 32.4 Å². The predicted octanol–water partition coefficient (Wildman–Crippen LogP) is 4.08. The van der Waals surface area contributed by atoms with Crippen LogP contribution in [0, 0.1) is 11.3 Å². The van der Waals surface area contributed by atoms with Crippen LogP contribution < -0.4 is 10.2 Å². The third kappa shape index (κ3) is 4.23. The molecule has 2 aliphatic rings. The van der Waals surface area contributed by atoms with E-state index in [2.05, 4.69) is 28.4 Å². The van der Waals surface area contributed by atoms with Crippen molar-refractivity contribution < 1.29 is 14.4 Å². The van der Waals surface area contributed by atoms with Gasteiger partial charge in [-0.2, -0.15) is 5.26 Å². The highest BCUT2D eigenvalue weighted by atomic mass is 32.1. The number of anilines is 2. The molecule has 0 aliphatic carbocycles. The molecule has 0 saturated carbocycles. The highest BCUT2D eigenvalue weighted by Gasteiger charge is 2.31. The van der Waals surface area contributed by atoms with Crippen LogP contribution >= 0.6 is 11.3 Å². The minimum atomic E-state index is -0.378. The molecule has 1 saturated heterocycles. The number of fused-ring (bicyclic) bond motifs is 1. The number of hydrogen-bond donors (Lipinski definition) is 1. The number of nitriles is 1. The summed E-state index contributed by atoms with van der Waals surface area (Å²) >= 11 is 1.44. The maximum Gasteiger partial charge on any atom is 0.256 e. The van der Waals surface area contributed by atoms with Crippen molar-refractivity contribution in [2.75, 3.05) is 16.8 Å². The fourth-order valence-electron chi connectivity index (χ4n) is 4.47. The van der Waals surface area contributed by atoms with E-state index in [4.69, 9.17) is 0 Å². The largest absolute Gasteiger partial charge is 0.312 e. The molecule has 7 nitrogen and oxygen atoms in total. The third-order valence-corrected chi connectivity index (χ3v) is 7.27. The van der Waals surface area contributed by atoms with Gasteiger partial charge >= 0.3 is 0 Å². The summed E-state index contributed by atoms with van der Waals surface area (Å²) in [6.07, 6.45) is 1.12. The third-order valence-electron chi connectivity index (χ3n) is 6.14. The molecule has 3 aromatic rings. The first kappa shape index (κ1) is 22.0. The van der Waals surface area contributed by atoms with Crippen molar-refractivity contribution >= 4 is 39.7 Å². The van der Waals surface area contributed by atoms with Crippen LogP contribution in [0.15, 0.2) is 54.6 Å². The number of thiophene rings is 1. The average molecular weight is 471 g/mol. The molecule has 3 heterocycles. The van der Waals surface area contributed by atoms with Gasteiger partial charge in [-0.25, -0.2) is 0 Å². The normalized spacial score (nSPS) is 15.8. The number of nitrogens with zero attached hydrogens (tertiary/aromatic N) is 3. The summed E-state index contributed by atoms with van der Waals surface area (Å²) in [5.41, 5.74) is 3.49. The van der Waals surface area contributed by atoms with Crippen molar-refractivity contribution in [3.8, 4) is 6.07 Å². The Morgan fingerprint density at radius 3 is 2.53 bits per heavy atom. The lowest BCUT2D eigenvalue weighted by Gasteiger charge is -2.26. The molecule has 3 amide bonds. The van der Waals surface area contributed by atoms with Gasteiger partial charge in [0.25, 0.3) is 5.91 Å². The Balaban J connectivity index is 1.34. The number of amides is 3. The molecule has 8 heteroatoms. The van der Waals surface area contributed by atoms with Gasteiger partial charge < -0.3 is 5.32 Å². The van der Waals surface area contributed by atoms with Crippen LogP contribution in [0.5, 0.6) is 0 Å². The van der Waals surface area contributed by atoms with E-state index < -0.39 is 0 Å². The van der Waals surface area contributed by atoms with Crippen molar-refractivity contribution in [1.82, 2.24) is 4.90 Å². The molecule has 5 rings (SSSR count). The van der Waals surface area contributed by atoms with Gasteiger partial charge in [0, 0.05) is 42.9 Å². The van der Waals surface area contributed by atoms with Crippen molar-refractivity contribution in [1.29, 1.82) is 5.26 Å². The zero-order valence-corrected chi connectivity index (χ0v) is 19.2. The van der Waals surface area contributed by atoms with E-state index in [0.717, 1.165) is 41.4 Å². The van der Waals surface area contributed by atoms with Gasteiger partial charge in [0.15, 0.2) is 0 Å². The smallest absolute Gasteiger partial charge is 0.256 e. The zero-order chi connectivity index (χ0) is 23.7. The Morgan fingerprint density at radius 1 is 1.03 bits per heavy atom. The van der Waals surface area contributed by atoms with Crippen LogP contribution in [0.4, 0.5) is 10.7 Å². The van der Waals surface area contributed by atoms with Crippen molar-refractivity contribution in [3.63, 3.8) is 0 Å². The minimum absolute atomic E-state index is 0.183. The second kappa shape index (κ2) is 9.21. The summed E-state index contributed by atoms with van der Waals surface area (Å²) in [6, 6.07) is 19.0. The second-order valence-electron chi connectivity index (χ2n) is 8.39. The number of rotatable bonds is 5. The molecule has 34 heavy (non-hydrogen) atoms. The maximum atomic E-state index is 13.0. The highest BCUT2D eigenvalue weighted by Crippen LogP contribution is 2.37. The van der Waals surface area contributed by atoms with Gasteiger partial charge in [-0.15, -0.1) is 11.3 Å². The number of benzene rings is 2. The van der Waals surface area contributed by atoms with E-state index in [1.165, 1.54) is 23.0 Å². The van der Waals surface area contributed by atoms with Gasteiger partial charge in [0.1, 0.15) is 11.1 Å². The van der Waals surface area contributed by atoms with Crippen LogP contribution in [0.1, 0.15) is 44.8 Å². The van der Waals surface area contributed by atoms with Gasteiger partial charge in [-0.05, 0) is 35.7 Å². The molecular formula is C26H22N4O3S. The highest BCUT2D eigenvalue weighted by molar-refractivity contribution is 7.16. The molecule has 0 radical (unpaired) electrons. The summed E-state index contributed by atoms with van der Waals surface area (Å²) in [5, 5.41) is 13.2. The molecule has 1 aromatic heterocycles. The molecule has 2 aliphatic heterocycles. The topological polar surface area (TPSA) is 93.5 Å². The molecule has 1 fully saturated rings. The number of carbonyl (C=O) groups excluding carboxylic acids is 3. The van der Waals surface area contributed by atoms with Crippen LogP contribution in [-0.2, 0) is 29.1 Å². The van der Waals surface area contributed by atoms with Gasteiger partial charge in [-0.3, -0.25) is 24.2 Å². The lowest BCUT2D eigenvalue weighted by Crippen LogP contribution is -2.29. The Morgan fingerprint density at radius 2 is 1.79 bits per heavy atom. The maximum absolute atomic E-state index is 13.0. The summed E-state index contributed by atoms with van der Waals surface area (Å²) in [7, 11) is 0. The van der Waals surface area contributed by atoms with E-state index in [1.807, 2.05) is 18.2 Å². The first-order valence-corrected chi connectivity index (χ1v) is 11.9. The van der Waals surface area contributed by atoms with Gasteiger partial charge in [0.05, 0.1) is 11.3 Å². The summed E-state index contributed by atoms with van der Waals surface area (Å²) in [4.78, 5) is 41.7. The standard InChI is InChI=1S/C26H22N4O3S/c27-14-21-20-11-12-29(15-17-5-2-1-3-6-17)16-22(20)34-26(21)28-25(33)18-7-4-8-19(13-18)30-23(31)9-10-24(30)32/h1-8,13H,9-12,15-16H2,(H,28,33). The lowest BCUT2D eigenvalue weighted by molar-refractivity contribution is -0.121. The van der Waals surface area contributed by atoms with Gasteiger partial charge in [0.2, 0.25) is 11.8 Å². The van der Waals surface area contributed by atoms with E-state index in [0.29, 0.717) is 21.8 Å². The molecule has 1 N–H and O–H groups in total. The molecule has 0 atom stereocenters. The molecule has 170 valence electrons. The van der Waals surface area contributed by atoms with Crippen LogP contribution in [-0.4, -0.2) is 29.2 Å². The first-order valence-electron chi connectivity index (χ1n) is 11.1. The fourth-order valence-corrected chi connectivity index (χ4v) is 5.70. The van der Waals surface area contributed by atoms with Crippen molar-refractivity contribution in [3.05, 3.63) is 81.7 Å². The minimum Gasteiger partial charge on any atom is -0.312 e. The first-order chi connectivity index (χ1) is 16.5.